The zero-order valence-corrected chi connectivity index (χ0v) is 22.6. The van der Waals surface area contributed by atoms with E-state index in [2.05, 4.69) is 36.3 Å². The molecular formula is C33H33N3O3. The summed E-state index contributed by atoms with van der Waals surface area (Å²) in [5, 5.41) is 15.8. The van der Waals surface area contributed by atoms with Crippen molar-refractivity contribution in [2.75, 3.05) is 20.3 Å². The molecule has 1 amide bonds. The van der Waals surface area contributed by atoms with Crippen molar-refractivity contribution in [3.63, 3.8) is 0 Å². The van der Waals surface area contributed by atoms with Gasteiger partial charge >= 0.3 is 0 Å². The lowest BCUT2D eigenvalue weighted by molar-refractivity contribution is 0.0834. The number of carbonyl (C=O) groups is 1. The van der Waals surface area contributed by atoms with E-state index < -0.39 is 5.41 Å². The molecule has 0 saturated carbocycles. The molecule has 0 fully saturated rings. The molecule has 0 radical (unpaired) electrons. The van der Waals surface area contributed by atoms with Crippen LogP contribution in [0.25, 0.3) is 33.1 Å². The highest BCUT2D eigenvalue weighted by Gasteiger charge is 2.36. The molecule has 198 valence electrons. The summed E-state index contributed by atoms with van der Waals surface area (Å²) in [6.45, 7) is 4.65. The number of H-pyrrole nitrogens is 1. The number of pyridine rings is 1. The first-order valence-corrected chi connectivity index (χ1v) is 13.4. The van der Waals surface area contributed by atoms with Gasteiger partial charge in [-0.15, -0.1) is 0 Å². The van der Waals surface area contributed by atoms with Gasteiger partial charge in [-0.25, -0.2) is 4.98 Å². The Morgan fingerprint density at radius 3 is 2.64 bits per heavy atom. The molecule has 6 rings (SSSR count). The first-order chi connectivity index (χ1) is 18.9. The van der Waals surface area contributed by atoms with Crippen molar-refractivity contribution in [2.45, 2.75) is 33.1 Å². The lowest BCUT2D eigenvalue weighted by atomic mass is 9.73. The number of hydrogen-bond acceptors (Lipinski definition) is 4. The second-order valence-corrected chi connectivity index (χ2v) is 10.9. The molecule has 3 aromatic carbocycles. The number of fused-ring (bicyclic) bond motifs is 4. The van der Waals surface area contributed by atoms with E-state index in [0.717, 1.165) is 35.0 Å². The monoisotopic (exact) mass is 519 g/mol. The van der Waals surface area contributed by atoms with Crippen molar-refractivity contribution in [3.05, 3.63) is 94.7 Å². The maximum atomic E-state index is 13.8. The van der Waals surface area contributed by atoms with Crippen molar-refractivity contribution in [2.24, 2.45) is 5.41 Å². The van der Waals surface area contributed by atoms with Gasteiger partial charge in [0.15, 0.2) is 0 Å². The third-order valence-corrected chi connectivity index (χ3v) is 8.31. The smallest absolute Gasteiger partial charge is 0.252 e. The highest BCUT2D eigenvalue weighted by molar-refractivity contribution is 6.07. The Bertz CT molecular complexity index is 1710. The predicted octanol–water partition coefficient (Wildman–Crippen LogP) is 5.91. The fraction of sp³-hybridized carbons (Fsp3) is 0.273. The summed E-state index contributed by atoms with van der Waals surface area (Å²) in [4.78, 5) is 22.3. The SMILES string of the molecule is COc1ccc2nc(-c3ccccc3)cc(C(=O)NCC3(CO)CCc4[nH]c5c(C)ccc(C)c5c4C3)c2c1. The minimum atomic E-state index is -0.434. The normalized spacial score (nSPS) is 16.8. The molecule has 5 aromatic rings. The van der Waals surface area contributed by atoms with Crippen molar-refractivity contribution >= 4 is 27.7 Å². The molecule has 0 aliphatic heterocycles. The van der Waals surface area contributed by atoms with Crippen molar-refractivity contribution in [1.82, 2.24) is 15.3 Å². The van der Waals surface area contributed by atoms with Gasteiger partial charge in [0, 0.05) is 39.5 Å². The van der Waals surface area contributed by atoms with Crippen LogP contribution in [0.5, 0.6) is 5.75 Å². The summed E-state index contributed by atoms with van der Waals surface area (Å²) < 4.78 is 5.44. The van der Waals surface area contributed by atoms with Crippen molar-refractivity contribution in [1.29, 1.82) is 0 Å². The molecule has 0 bridgehead atoms. The van der Waals surface area contributed by atoms with E-state index in [1.807, 2.05) is 54.6 Å². The quantitative estimate of drug-likeness (QED) is 0.260. The topological polar surface area (TPSA) is 87.2 Å². The zero-order valence-electron chi connectivity index (χ0n) is 22.6. The number of carbonyl (C=O) groups excluding carboxylic acids is 1. The fourth-order valence-electron chi connectivity index (χ4n) is 5.98. The van der Waals surface area contributed by atoms with Gasteiger partial charge in [-0.1, -0.05) is 42.5 Å². The van der Waals surface area contributed by atoms with E-state index in [4.69, 9.17) is 9.72 Å². The Morgan fingerprint density at radius 1 is 1.08 bits per heavy atom. The number of aromatic nitrogens is 2. The van der Waals surface area contributed by atoms with Crippen LogP contribution in [0, 0.1) is 19.3 Å². The molecule has 1 unspecified atom stereocenters. The van der Waals surface area contributed by atoms with Crippen LogP contribution in [0.2, 0.25) is 0 Å². The lowest BCUT2D eigenvalue weighted by Gasteiger charge is -2.36. The number of aliphatic hydroxyl groups is 1. The van der Waals surface area contributed by atoms with Gasteiger partial charge in [-0.05, 0) is 74.1 Å². The van der Waals surface area contributed by atoms with E-state index >= 15 is 0 Å². The highest BCUT2D eigenvalue weighted by atomic mass is 16.5. The largest absolute Gasteiger partial charge is 0.497 e. The van der Waals surface area contributed by atoms with Gasteiger partial charge < -0.3 is 20.1 Å². The van der Waals surface area contributed by atoms with E-state index in [9.17, 15) is 9.90 Å². The molecule has 6 heteroatoms. The maximum Gasteiger partial charge on any atom is 0.252 e. The van der Waals surface area contributed by atoms with E-state index in [0.29, 0.717) is 24.3 Å². The Kier molecular flexibility index (Phi) is 6.35. The van der Waals surface area contributed by atoms with E-state index in [1.54, 1.807) is 7.11 Å². The fourth-order valence-corrected chi connectivity index (χ4v) is 5.98. The van der Waals surface area contributed by atoms with Gasteiger partial charge in [0.25, 0.3) is 5.91 Å². The first kappa shape index (κ1) is 25.1. The highest BCUT2D eigenvalue weighted by Crippen LogP contribution is 2.40. The molecule has 39 heavy (non-hydrogen) atoms. The number of nitrogens with zero attached hydrogens (tertiary/aromatic N) is 1. The summed E-state index contributed by atoms with van der Waals surface area (Å²) in [7, 11) is 1.61. The van der Waals surface area contributed by atoms with Crippen LogP contribution < -0.4 is 10.1 Å². The Morgan fingerprint density at radius 2 is 1.87 bits per heavy atom. The van der Waals surface area contributed by atoms with Crippen LogP contribution in [0.15, 0.2) is 66.7 Å². The summed E-state index contributed by atoms with van der Waals surface area (Å²) >= 11 is 0. The summed E-state index contributed by atoms with van der Waals surface area (Å²) in [6, 6.07) is 21.6. The van der Waals surface area contributed by atoms with Crippen LogP contribution in [0.3, 0.4) is 0 Å². The zero-order chi connectivity index (χ0) is 27.1. The minimum absolute atomic E-state index is 0.00440. The standard InChI is InChI=1S/C33H33N3O3/c1-20-9-10-21(2)31-30(20)26-17-33(19-37,14-13-28(26)36-31)18-34-32(38)25-16-29(22-7-5-4-6-8-22)35-27-12-11-23(39-3)15-24(25)27/h4-12,15-16,36-37H,13-14,17-19H2,1-3H3,(H,34,38). The lowest BCUT2D eigenvalue weighted by Crippen LogP contribution is -2.43. The van der Waals surface area contributed by atoms with Gasteiger partial charge in [0.1, 0.15) is 5.75 Å². The van der Waals surface area contributed by atoms with Gasteiger partial charge in [-0.3, -0.25) is 4.79 Å². The second-order valence-electron chi connectivity index (χ2n) is 10.9. The molecule has 1 aliphatic carbocycles. The van der Waals surface area contributed by atoms with Crippen molar-refractivity contribution < 1.29 is 14.6 Å². The number of hydrogen-bond donors (Lipinski definition) is 3. The number of aryl methyl sites for hydroxylation is 3. The molecule has 3 N–H and O–H groups in total. The minimum Gasteiger partial charge on any atom is -0.497 e. The summed E-state index contributed by atoms with van der Waals surface area (Å²) in [5.41, 5.74) is 8.68. The molecule has 0 saturated heterocycles. The van der Waals surface area contributed by atoms with Crippen LogP contribution in [0.1, 0.15) is 39.2 Å². The Labute approximate surface area is 228 Å². The summed E-state index contributed by atoms with van der Waals surface area (Å²) in [6.07, 6.45) is 2.35. The number of aliphatic hydroxyl groups excluding tert-OH is 1. The van der Waals surface area contributed by atoms with Gasteiger partial charge in [0.2, 0.25) is 0 Å². The van der Waals surface area contributed by atoms with E-state index in [1.165, 1.54) is 33.3 Å². The average molecular weight is 520 g/mol. The van der Waals surface area contributed by atoms with Crippen LogP contribution in [0.4, 0.5) is 0 Å². The predicted molar refractivity (Wildman–Crippen MR) is 155 cm³/mol. The molecule has 2 aromatic heterocycles. The average Bonchev–Trinajstić information content (AvgIpc) is 3.37. The van der Waals surface area contributed by atoms with Crippen LogP contribution in [-0.2, 0) is 12.8 Å². The second kappa shape index (κ2) is 9.86. The number of rotatable bonds is 6. The number of methoxy groups -OCH3 is 1. The third-order valence-electron chi connectivity index (χ3n) is 8.31. The van der Waals surface area contributed by atoms with Gasteiger partial charge in [0.05, 0.1) is 30.5 Å². The Hall–Kier alpha value is -4.16. The third kappa shape index (κ3) is 4.45. The number of aromatic amines is 1. The van der Waals surface area contributed by atoms with Crippen LogP contribution in [-0.4, -0.2) is 41.2 Å². The Balaban J connectivity index is 1.33. The number of ether oxygens (including phenoxy) is 1. The number of amides is 1. The molecular weight excluding hydrogens is 486 g/mol. The maximum absolute atomic E-state index is 13.8. The molecule has 0 spiro atoms. The van der Waals surface area contributed by atoms with E-state index in [-0.39, 0.29) is 12.5 Å². The van der Waals surface area contributed by atoms with Crippen molar-refractivity contribution in [3.8, 4) is 17.0 Å². The first-order valence-electron chi connectivity index (χ1n) is 13.4. The summed E-state index contributed by atoms with van der Waals surface area (Å²) in [5.74, 6) is 0.486. The molecule has 2 heterocycles. The number of benzene rings is 3. The molecule has 6 nitrogen and oxygen atoms in total. The number of nitrogens with one attached hydrogen (secondary N) is 2. The molecule has 1 aliphatic rings. The molecule has 1 atom stereocenters. The van der Waals surface area contributed by atoms with Crippen LogP contribution >= 0.6 is 0 Å². The van der Waals surface area contributed by atoms with Gasteiger partial charge in [-0.2, -0.15) is 0 Å².